The van der Waals surface area contributed by atoms with Crippen LogP contribution in [0.2, 0.25) is 6.04 Å². The highest BCUT2D eigenvalue weighted by atomic mass is 28.2. The lowest BCUT2D eigenvalue weighted by Gasteiger charge is -1.94. The zero-order chi connectivity index (χ0) is 6.24. The average Bonchev–Trinajstić information content (AvgIpc) is 1.81. The van der Waals surface area contributed by atoms with E-state index in [1.807, 2.05) is 0 Å². The van der Waals surface area contributed by atoms with Crippen LogP contribution in [-0.4, -0.2) is 22.6 Å². The zero-order valence-electron chi connectivity index (χ0n) is 5.22. The van der Waals surface area contributed by atoms with Gasteiger partial charge in [-0.2, -0.15) is 0 Å². The summed E-state index contributed by atoms with van der Waals surface area (Å²) in [5, 5.41) is 0. The Morgan fingerprint density at radius 3 is 2.75 bits per heavy atom. The van der Waals surface area contributed by atoms with E-state index >= 15 is 0 Å². The highest BCUT2D eigenvalue weighted by molar-refractivity contribution is 6.16. The van der Waals surface area contributed by atoms with Gasteiger partial charge in [0.1, 0.15) is 0 Å². The van der Waals surface area contributed by atoms with Gasteiger partial charge in [-0.15, -0.1) is 0 Å². The molecule has 0 aromatic heterocycles. The molecule has 0 saturated heterocycles. The largest absolute Gasteiger partial charge is 0.392 e. The third-order valence-electron chi connectivity index (χ3n) is 0.729. The van der Waals surface area contributed by atoms with Crippen LogP contribution in [0.5, 0.6) is 0 Å². The molecule has 0 unspecified atom stereocenters. The predicted molar refractivity (Wildman–Crippen MR) is 33.8 cm³/mol. The molecule has 0 heterocycles. The van der Waals surface area contributed by atoms with Gasteiger partial charge in [0.05, 0.1) is 0 Å². The van der Waals surface area contributed by atoms with Crippen LogP contribution < -0.4 is 0 Å². The first-order chi connectivity index (χ1) is 3.91. The lowest BCUT2D eigenvalue weighted by atomic mass is 10.5. The fourth-order valence-electron chi connectivity index (χ4n) is 0.378. The number of hydrogen-bond acceptors (Lipinski definition) is 2. The van der Waals surface area contributed by atoms with E-state index in [0.717, 1.165) is 19.1 Å². The minimum absolute atomic E-state index is 0.597. The summed E-state index contributed by atoms with van der Waals surface area (Å²) in [5.41, 5.74) is 0. The normalized spacial score (nSPS) is 9.12. The van der Waals surface area contributed by atoms with Crippen molar-refractivity contribution in [3.05, 3.63) is 0 Å². The molecule has 0 aromatic carbocycles. The van der Waals surface area contributed by atoms with Crippen molar-refractivity contribution in [2.75, 3.05) is 13.2 Å². The van der Waals surface area contributed by atoms with Gasteiger partial charge in [-0.3, -0.25) is 0 Å². The first-order valence-electron chi connectivity index (χ1n) is 2.93. The number of hydrogen-bond donors (Lipinski definition) is 0. The first-order valence-corrected chi connectivity index (χ1v) is 4.22. The van der Waals surface area contributed by atoms with Crippen LogP contribution in [0.3, 0.4) is 0 Å². The molecule has 0 aromatic rings. The summed E-state index contributed by atoms with van der Waals surface area (Å²) in [7, 11) is -0.597. The van der Waals surface area contributed by atoms with Crippen LogP contribution in [-0.2, 0) is 9.20 Å². The molecule has 0 spiro atoms. The van der Waals surface area contributed by atoms with Crippen LogP contribution in [0.4, 0.5) is 0 Å². The summed E-state index contributed by atoms with van der Waals surface area (Å²) in [6.07, 6.45) is 1.05. The van der Waals surface area contributed by atoms with Crippen molar-refractivity contribution in [3.8, 4) is 0 Å². The maximum atomic E-state index is 9.90. The molecule has 0 bridgehead atoms. The Kier molecular flexibility index (Phi) is 6.96. The lowest BCUT2D eigenvalue weighted by molar-refractivity contribution is 0.148. The topological polar surface area (TPSA) is 26.3 Å². The average molecular weight is 132 g/mol. The van der Waals surface area contributed by atoms with Crippen LogP contribution in [0.25, 0.3) is 0 Å². The summed E-state index contributed by atoms with van der Waals surface area (Å²) >= 11 is 0. The summed E-state index contributed by atoms with van der Waals surface area (Å²) in [6, 6.07) is 0.736. The Bertz CT molecular complexity index is 56.4. The molecule has 0 amide bonds. The van der Waals surface area contributed by atoms with Gasteiger partial charge in [0, 0.05) is 19.3 Å². The maximum absolute atomic E-state index is 9.90. The summed E-state index contributed by atoms with van der Waals surface area (Å²) in [4.78, 5) is 0. The second-order valence-electron chi connectivity index (χ2n) is 1.57. The van der Waals surface area contributed by atoms with Crippen molar-refractivity contribution >= 4 is 9.41 Å². The first kappa shape index (κ1) is 7.98. The van der Waals surface area contributed by atoms with Crippen molar-refractivity contribution in [1.82, 2.24) is 0 Å². The standard InChI is InChI=1S/C5H12O2Si/c1-2-3-7-4-5-8-6/h8H,2-5H2,1H3. The van der Waals surface area contributed by atoms with Gasteiger partial charge in [0.25, 0.3) is 9.41 Å². The molecule has 3 heteroatoms. The Balaban J connectivity index is 2.62. The van der Waals surface area contributed by atoms with Gasteiger partial charge in [-0.1, -0.05) is 6.92 Å². The molecule has 0 aliphatic carbocycles. The van der Waals surface area contributed by atoms with Crippen LogP contribution in [0.1, 0.15) is 13.3 Å². The molecule has 0 atom stereocenters. The fraction of sp³-hybridized carbons (Fsp3) is 1.00. The SMILES string of the molecule is CCCOCC[SiH]=O. The zero-order valence-corrected chi connectivity index (χ0v) is 6.38. The molecule has 2 nitrogen and oxygen atoms in total. The Labute approximate surface area is 52.1 Å². The number of ether oxygens (including phenoxy) is 1. The Morgan fingerprint density at radius 1 is 1.50 bits per heavy atom. The number of rotatable bonds is 5. The van der Waals surface area contributed by atoms with Gasteiger partial charge < -0.3 is 9.20 Å². The molecule has 48 valence electrons. The van der Waals surface area contributed by atoms with Gasteiger partial charge in [0.2, 0.25) is 0 Å². The predicted octanol–water partition coefficient (Wildman–Crippen LogP) is 0.613. The molecule has 8 heavy (non-hydrogen) atoms. The quantitative estimate of drug-likeness (QED) is 0.405. The van der Waals surface area contributed by atoms with Crippen molar-refractivity contribution < 1.29 is 9.20 Å². The van der Waals surface area contributed by atoms with E-state index < -0.39 is 9.41 Å². The summed E-state index contributed by atoms with van der Waals surface area (Å²) in [5.74, 6) is 0. The minimum atomic E-state index is -0.597. The molecule has 0 aliphatic heterocycles. The maximum Gasteiger partial charge on any atom is 0.263 e. The van der Waals surface area contributed by atoms with E-state index in [1.165, 1.54) is 0 Å². The van der Waals surface area contributed by atoms with Crippen molar-refractivity contribution in [2.24, 2.45) is 0 Å². The van der Waals surface area contributed by atoms with E-state index in [1.54, 1.807) is 0 Å². The molecule has 0 radical (unpaired) electrons. The lowest BCUT2D eigenvalue weighted by Crippen LogP contribution is -1.94. The Morgan fingerprint density at radius 2 is 2.25 bits per heavy atom. The summed E-state index contributed by atoms with van der Waals surface area (Å²) in [6.45, 7) is 3.54. The van der Waals surface area contributed by atoms with Crippen LogP contribution >= 0.6 is 0 Å². The molecule has 0 fully saturated rings. The monoisotopic (exact) mass is 132 g/mol. The van der Waals surface area contributed by atoms with Gasteiger partial charge >= 0.3 is 0 Å². The van der Waals surface area contributed by atoms with E-state index in [9.17, 15) is 4.46 Å². The highest BCUT2D eigenvalue weighted by Gasteiger charge is 1.82. The molecule has 0 saturated carbocycles. The minimum Gasteiger partial charge on any atom is -0.392 e. The fourth-order valence-corrected chi connectivity index (χ4v) is 0.641. The van der Waals surface area contributed by atoms with E-state index in [2.05, 4.69) is 6.92 Å². The molecule has 0 N–H and O–H groups in total. The van der Waals surface area contributed by atoms with Gasteiger partial charge in [0.15, 0.2) is 0 Å². The molecule has 0 rings (SSSR count). The third-order valence-corrected chi connectivity index (χ3v) is 1.20. The smallest absolute Gasteiger partial charge is 0.263 e. The van der Waals surface area contributed by atoms with Crippen LogP contribution in [0.15, 0.2) is 0 Å². The second-order valence-corrected chi connectivity index (χ2v) is 2.48. The third kappa shape index (κ3) is 5.98. The van der Waals surface area contributed by atoms with E-state index in [4.69, 9.17) is 4.74 Å². The highest BCUT2D eigenvalue weighted by Crippen LogP contribution is 1.81. The van der Waals surface area contributed by atoms with Crippen LogP contribution in [0, 0.1) is 0 Å². The van der Waals surface area contributed by atoms with E-state index in [0.29, 0.717) is 6.61 Å². The van der Waals surface area contributed by atoms with E-state index in [-0.39, 0.29) is 0 Å². The Hall–Kier alpha value is -0.0231. The molecular weight excluding hydrogens is 120 g/mol. The molecule has 0 aliphatic rings. The van der Waals surface area contributed by atoms with Gasteiger partial charge in [-0.05, 0) is 6.42 Å². The van der Waals surface area contributed by atoms with Crippen molar-refractivity contribution in [2.45, 2.75) is 19.4 Å². The molecular formula is C5H12O2Si. The van der Waals surface area contributed by atoms with Gasteiger partial charge in [-0.25, -0.2) is 0 Å². The van der Waals surface area contributed by atoms with Crippen molar-refractivity contribution in [3.63, 3.8) is 0 Å². The summed E-state index contributed by atoms with van der Waals surface area (Å²) < 4.78 is 14.9. The second kappa shape index (κ2) is 6.98. The van der Waals surface area contributed by atoms with Crippen molar-refractivity contribution in [1.29, 1.82) is 0 Å².